The van der Waals surface area contributed by atoms with E-state index in [9.17, 15) is 78.3 Å². The maximum atomic E-state index is 12.1. The lowest BCUT2D eigenvalue weighted by atomic mass is 10.2. The highest BCUT2D eigenvalue weighted by Gasteiger charge is 2.16. The molecular formula is C78H52N6O16. The van der Waals surface area contributed by atoms with E-state index in [1.54, 1.807) is 226 Å². The van der Waals surface area contributed by atoms with Gasteiger partial charge in [0.25, 0.3) is 0 Å². The fourth-order valence-corrected chi connectivity index (χ4v) is 10.1. The Morgan fingerprint density at radius 1 is 0.220 bits per heavy atom. The number of amides is 1. The van der Waals surface area contributed by atoms with E-state index >= 15 is 0 Å². The summed E-state index contributed by atoms with van der Waals surface area (Å²) < 4.78 is 0. The van der Waals surface area contributed by atoms with Crippen LogP contribution in [0.15, 0.2) is 316 Å². The van der Waals surface area contributed by atoms with Gasteiger partial charge in [0.15, 0.2) is 26.8 Å². The van der Waals surface area contributed by atoms with Crippen LogP contribution in [-0.2, 0) is 4.79 Å². The smallest absolute Gasteiger partial charge is 0.216 e. The van der Waals surface area contributed by atoms with Gasteiger partial charge in [0.2, 0.25) is 60.7 Å². The molecule has 100 heavy (non-hydrogen) atoms. The minimum Gasteiger partial charge on any atom is -0.506 e. The molecule has 15 aromatic carbocycles. The van der Waals surface area contributed by atoms with E-state index in [1.165, 1.54) is 35.2 Å². The molecule has 0 aromatic heterocycles. The first-order valence-electron chi connectivity index (χ1n) is 30.1. The second kappa shape index (κ2) is 30.4. The van der Waals surface area contributed by atoms with Gasteiger partial charge in [-0.05, 0) is 60.7 Å². The number of hydrogen-bond acceptors (Lipinski definition) is 21. The summed E-state index contributed by atoms with van der Waals surface area (Å²) >= 11 is 0. The Labute approximate surface area is 560 Å². The molecule has 0 bridgehead atoms. The van der Waals surface area contributed by atoms with Crippen LogP contribution in [0.4, 0.5) is 28.4 Å². The molecular weight excluding hydrogens is 1280 g/mol. The van der Waals surface area contributed by atoms with Gasteiger partial charge >= 0.3 is 0 Å². The summed E-state index contributed by atoms with van der Waals surface area (Å²) in [6.07, 6.45) is 0.750. The van der Waals surface area contributed by atoms with Crippen LogP contribution in [-0.4, -0.2) is 50.9 Å². The maximum absolute atomic E-state index is 12.1. The predicted molar refractivity (Wildman–Crippen MR) is 381 cm³/mol. The molecule has 0 aliphatic rings. The quantitative estimate of drug-likeness (QED) is 0.110. The van der Waals surface area contributed by atoms with Crippen molar-refractivity contribution in [2.45, 2.75) is 0 Å². The van der Waals surface area contributed by atoms with Crippen molar-refractivity contribution in [1.29, 1.82) is 0 Å². The Balaban J connectivity index is 0.000000133. The number of phenols is 5. The second-order valence-corrected chi connectivity index (χ2v) is 21.8. The largest absolute Gasteiger partial charge is 0.506 e. The molecule has 22 nitrogen and oxygen atoms in total. The maximum Gasteiger partial charge on any atom is 0.216 e. The van der Waals surface area contributed by atoms with E-state index in [1.807, 2.05) is 0 Å². The first-order valence-corrected chi connectivity index (χ1v) is 30.1. The van der Waals surface area contributed by atoms with Crippen LogP contribution >= 0.6 is 0 Å². The van der Waals surface area contributed by atoms with Crippen LogP contribution < -0.4 is 81.1 Å². The average molecular weight is 1330 g/mol. The Bertz CT molecular complexity index is 5370. The zero-order chi connectivity index (χ0) is 71.3. The summed E-state index contributed by atoms with van der Waals surface area (Å²) in [7, 11) is 3.38. The third kappa shape index (κ3) is 14.7. The molecule has 490 valence electrons. The third-order valence-corrected chi connectivity index (χ3v) is 15.0. The highest BCUT2D eigenvalue weighted by Crippen LogP contribution is 2.27. The van der Waals surface area contributed by atoms with Gasteiger partial charge in [0.05, 0.1) is 0 Å². The van der Waals surface area contributed by atoms with Gasteiger partial charge in [-0.25, -0.2) is 25.0 Å². The first kappa shape index (κ1) is 68.6. The zero-order valence-electron chi connectivity index (χ0n) is 52.6. The zero-order valence-corrected chi connectivity index (χ0v) is 52.6. The van der Waals surface area contributed by atoms with E-state index in [2.05, 4.69) is 25.0 Å². The Morgan fingerprint density at radius 3 is 0.440 bits per heavy atom. The summed E-state index contributed by atoms with van der Waals surface area (Å²) in [6, 6.07) is 64.6. The van der Waals surface area contributed by atoms with Crippen LogP contribution in [0.25, 0.3) is 53.9 Å². The van der Waals surface area contributed by atoms with Crippen LogP contribution in [0, 0.1) is 0 Å². The van der Waals surface area contributed by atoms with Crippen LogP contribution in [0.3, 0.4) is 0 Å². The molecule has 5 N–H and O–H groups in total. The lowest BCUT2D eigenvalue weighted by molar-refractivity contribution is -0.115. The third-order valence-electron chi connectivity index (χ3n) is 15.0. The van der Waals surface area contributed by atoms with E-state index in [0.29, 0.717) is 53.9 Å². The number of para-hydroxylation sites is 10. The molecule has 0 radical (unpaired) electrons. The van der Waals surface area contributed by atoms with Gasteiger partial charge in [-0.1, -0.05) is 182 Å². The van der Waals surface area contributed by atoms with Gasteiger partial charge in [-0.2, -0.15) is 0 Å². The van der Waals surface area contributed by atoms with E-state index in [0.717, 1.165) is 6.41 Å². The molecule has 1 amide bonds. The Kier molecular flexibility index (Phi) is 20.9. The number of nitrogens with zero attached hydrogens (tertiary/aromatic N) is 6. The van der Waals surface area contributed by atoms with Gasteiger partial charge < -0.3 is 30.4 Å². The number of aromatic hydroxyl groups is 5. The van der Waals surface area contributed by atoms with Crippen LogP contribution in [0.1, 0.15) is 0 Å². The Hall–Kier alpha value is -14.3. The molecule has 22 heteroatoms. The number of hydrogen-bond donors (Lipinski definition) is 5. The molecule has 0 heterocycles. The van der Waals surface area contributed by atoms with Crippen molar-refractivity contribution in [3.8, 4) is 28.7 Å². The van der Waals surface area contributed by atoms with Crippen LogP contribution in [0.5, 0.6) is 28.7 Å². The number of fused-ring (bicyclic) bond motifs is 5. The molecule has 0 aliphatic heterocycles. The number of rotatable bonds is 6. The molecule has 15 rings (SSSR count). The number of carbonyl (C=O) groups is 1. The second-order valence-electron chi connectivity index (χ2n) is 21.8. The van der Waals surface area contributed by atoms with Crippen molar-refractivity contribution < 1.29 is 30.3 Å². The van der Waals surface area contributed by atoms with E-state index < -0.39 is 54.3 Å². The summed E-state index contributed by atoms with van der Waals surface area (Å²) in [5, 5.41) is 51.0. The van der Waals surface area contributed by atoms with Gasteiger partial charge in [0, 0.05) is 68.0 Å². The topological polar surface area (TPSA) is 354 Å². The lowest BCUT2D eigenvalue weighted by Gasteiger charge is -1.94. The van der Waals surface area contributed by atoms with E-state index in [4.69, 9.17) is 0 Å². The highest BCUT2D eigenvalue weighted by atomic mass is 16.3. The summed E-state index contributed by atoms with van der Waals surface area (Å²) in [5.74, 6) is -0.317. The number of carbonyl (C=O) groups excluding carboxylic acids is 1. The molecule has 0 spiro atoms. The minimum absolute atomic E-state index is 0.0634. The fraction of sp³-hybridized carbons (Fsp3) is 0.0256. The van der Waals surface area contributed by atoms with Crippen molar-refractivity contribution in [3.05, 3.63) is 372 Å². The minimum atomic E-state index is -0.399. The van der Waals surface area contributed by atoms with Crippen molar-refractivity contribution >= 4 is 88.7 Å². The average Bonchev–Trinajstić information content (AvgIpc) is 1.67. The molecule has 0 fully saturated rings. The van der Waals surface area contributed by atoms with Crippen molar-refractivity contribution in [3.63, 3.8) is 0 Å². The SMILES string of the molecule is CN(C)C=O.O=c1c(=Nc2ccccc2O)c(=O)c2ccccc12.O=c1c(=Nc2ccccc2O)c(=O)c2ccccc12.O=c1c(=Nc2ccccc2O)c(=O)c2ccccc12.O=c1c(=Nc2ccccc2O)c(=O)c2ccccc12.O=c1c(=Nc2ccccc2O)c(=O)c2ccccc12. The molecule has 0 saturated carbocycles. The van der Waals surface area contributed by atoms with Gasteiger partial charge in [-0.15, -0.1) is 0 Å². The van der Waals surface area contributed by atoms with Crippen LogP contribution in [0.2, 0.25) is 0 Å². The summed E-state index contributed by atoms with van der Waals surface area (Å²) in [5.41, 5.74) is -2.92. The normalized spacial score (nSPS) is 10.5. The van der Waals surface area contributed by atoms with E-state index in [-0.39, 0.29) is 84.0 Å². The highest BCUT2D eigenvalue weighted by molar-refractivity contribution is 5.87. The molecule has 0 unspecified atom stereocenters. The van der Waals surface area contributed by atoms with Crippen molar-refractivity contribution in [2.75, 3.05) is 14.1 Å². The molecule has 0 atom stereocenters. The lowest BCUT2D eigenvalue weighted by Crippen LogP contribution is -2.31. The molecule has 15 aromatic rings. The summed E-state index contributed by atoms with van der Waals surface area (Å²) in [6.45, 7) is 0. The summed E-state index contributed by atoms with van der Waals surface area (Å²) in [4.78, 5) is 152. The number of phenolic OH excluding ortho intramolecular Hbond substituents is 5. The standard InChI is InChI=1S/5C15H9NO3.C3H7NO/c5*17-12-8-4-3-7-11(12)16-13-14(18)9-5-1-2-6-10(9)15(13)19;1-4(2)3-5/h5*1-8,17H;3H,1-2H3. The number of benzene rings is 10. The molecule has 0 aliphatic carbocycles. The van der Waals surface area contributed by atoms with Gasteiger partial charge in [-0.3, -0.25) is 52.7 Å². The molecule has 0 saturated heterocycles. The predicted octanol–water partition coefficient (Wildman–Crippen LogP) is 6.57. The fourth-order valence-electron chi connectivity index (χ4n) is 10.1. The Morgan fingerprint density at radius 2 is 0.330 bits per heavy atom. The van der Waals surface area contributed by atoms with Crippen molar-refractivity contribution in [2.24, 2.45) is 25.0 Å². The first-order chi connectivity index (χ1) is 48.2. The van der Waals surface area contributed by atoms with Gasteiger partial charge in [0.1, 0.15) is 57.2 Å². The van der Waals surface area contributed by atoms with Crippen molar-refractivity contribution in [1.82, 2.24) is 4.90 Å². The monoisotopic (exact) mass is 1330 g/mol.